The summed E-state index contributed by atoms with van der Waals surface area (Å²) in [5.41, 5.74) is 2.18. The quantitative estimate of drug-likeness (QED) is 0.450. The van der Waals surface area contributed by atoms with Crippen LogP contribution in [0.2, 0.25) is 0 Å². The second-order valence-corrected chi connectivity index (χ2v) is 10.2. The van der Waals surface area contributed by atoms with Crippen molar-refractivity contribution in [3.05, 3.63) is 57.9 Å². The number of nitrogens with zero attached hydrogens (tertiary/aromatic N) is 4. The summed E-state index contributed by atoms with van der Waals surface area (Å²) in [6.45, 7) is 3.87. The summed E-state index contributed by atoms with van der Waals surface area (Å²) in [6.07, 6.45) is 0. The monoisotopic (exact) mass is 472 g/mol. The number of aryl methyl sites for hydroxylation is 1. The van der Waals surface area contributed by atoms with Crippen LogP contribution < -0.4 is 5.63 Å². The molecule has 11 heteroatoms. The highest BCUT2D eigenvalue weighted by atomic mass is 32.2. The largest absolute Gasteiger partial charge is 0.508 e. The molecule has 0 radical (unpaired) electrons. The first-order valence-electron chi connectivity index (χ1n) is 10.0. The van der Waals surface area contributed by atoms with E-state index in [0.717, 1.165) is 22.7 Å². The van der Waals surface area contributed by atoms with Gasteiger partial charge in [-0.15, -0.1) is 0 Å². The number of fused-ring (bicyclic) bond motifs is 2. The molecule has 3 heterocycles. The van der Waals surface area contributed by atoms with Gasteiger partial charge in [0.2, 0.25) is 10.0 Å². The number of rotatable bonds is 4. The van der Waals surface area contributed by atoms with E-state index >= 15 is 0 Å². The van der Waals surface area contributed by atoms with Crippen molar-refractivity contribution in [3.8, 4) is 5.75 Å². The molecule has 32 heavy (non-hydrogen) atoms. The van der Waals surface area contributed by atoms with Crippen molar-refractivity contribution in [2.45, 2.75) is 18.4 Å². The van der Waals surface area contributed by atoms with Crippen LogP contribution in [0.5, 0.6) is 5.75 Å². The molecule has 0 atom stereocenters. The van der Waals surface area contributed by atoms with Crippen molar-refractivity contribution in [2.24, 2.45) is 0 Å². The van der Waals surface area contributed by atoms with Crippen molar-refractivity contribution < 1.29 is 17.9 Å². The first-order valence-corrected chi connectivity index (χ1v) is 12.2. The van der Waals surface area contributed by atoms with E-state index in [2.05, 4.69) is 13.6 Å². The van der Waals surface area contributed by atoms with Gasteiger partial charge in [0.15, 0.2) is 0 Å². The molecule has 0 saturated carbocycles. The predicted molar refractivity (Wildman–Crippen MR) is 120 cm³/mol. The van der Waals surface area contributed by atoms with Crippen molar-refractivity contribution in [2.75, 3.05) is 26.2 Å². The third-order valence-corrected chi connectivity index (χ3v) is 8.28. The van der Waals surface area contributed by atoms with E-state index in [1.165, 1.54) is 10.4 Å². The third kappa shape index (κ3) is 3.56. The molecular formula is C21H20N4O5S2. The molecule has 166 valence electrons. The molecular weight excluding hydrogens is 452 g/mol. The van der Waals surface area contributed by atoms with E-state index < -0.39 is 15.6 Å². The molecule has 5 rings (SSSR count). The molecule has 2 aromatic heterocycles. The molecule has 0 bridgehead atoms. The molecule has 4 aromatic rings. The molecule has 2 aromatic carbocycles. The average Bonchev–Trinajstić information content (AvgIpc) is 3.26. The first kappa shape index (κ1) is 21.0. The van der Waals surface area contributed by atoms with Crippen LogP contribution in [0, 0.1) is 6.92 Å². The number of hydrogen-bond acceptors (Lipinski definition) is 9. The lowest BCUT2D eigenvalue weighted by Crippen LogP contribution is -2.48. The van der Waals surface area contributed by atoms with Gasteiger partial charge in [0.05, 0.1) is 11.7 Å². The third-order valence-electron chi connectivity index (χ3n) is 5.81. The SMILES string of the molecule is Cc1c(O)ccc2c(CN3CCN(S(=O)(=O)c4cccc5nsnc45)CC3)cc(=O)oc12. The zero-order chi connectivity index (χ0) is 22.5. The van der Waals surface area contributed by atoms with Crippen LogP contribution in [0.25, 0.3) is 22.0 Å². The molecule has 1 fully saturated rings. The molecule has 0 aliphatic carbocycles. The highest BCUT2D eigenvalue weighted by Crippen LogP contribution is 2.29. The lowest BCUT2D eigenvalue weighted by atomic mass is 10.1. The van der Waals surface area contributed by atoms with Crippen LogP contribution >= 0.6 is 11.7 Å². The van der Waals surface area contributed by atoms with Gasteiger partial charge in [-0.3, -0.25) is 4.90 Å². The van der Waals surface area contributed by atoms with Crippen molar-refractivity contribution in [1.82, 2.24) is 18.0 Å². The Morgan fingerprint density at radius 2 is 1.91 bits per heavy atom. The van der Waals surface area contributed by atoms with E-state index in [-0.39, 0.29) is 10.6 Å². The van der Waals surface area contributed by atoms with Gasteiger partial charge in [0.1, 0.15) is 27.3 Å². The number of piperazine rings is 1. The number of phenols is 1. The van der Waals surface area contributed by atoms with E-state index in [1.807, 2.05) is 0 Å². The van der Waals surface area contributed by atoms with Crippen molar-refractivity contribution >= 4 is 43.8 Å². The molecule has 1 N–H and O–H groups in total. The Hall–Kier alpha value is -2.86. The molecule has 1 aliphatic rings. The van der Waals surface area contributed by atoms with Gasteiger partial charge in [-0.05, 0) is 36.8 Å². The highest BCUT2D eigenvalue weighted by Gasteiger charge is 2.31. The minimum atomic E-state index is -3.69. The lowest BCUT2D eigenvalue weighted by Gasteiger charge is -2.34. The van der Waals surface area contributed by atoms with Gasteiger partial charge in [-0.25, -0.2) is 13.2 Å². The standard InChI is InChI=1S/C21H20N4O5S2/c1-13-17(26)6-5-15-14(11-19(27)30-21(13)15)12-24-7-9-25(10-8-24)32(28,29)18-4-2-3-16-20(18)23-31-22-16/h2-6,11,26H,7-10,12H2,1H3. The highest BCUT2D eigenvalue weighted by molar-refractivity contribution is 7.89. The number of phenolic OH excluding ortho intramolecular Hbond substituents is 1. The molecule has 0 amide bonds. The minimum Gasteiger partial charge on any atom is -0.508 e. The molecule has 0 spiro atoms. The van der Waals surface area contributed by atoms with Crippen LogP contribution in [0.3, 0.4) is 0 Å². The maximum atomic E-state index is 13.2. The Morgan fingerprint density at radius 3 is 2.69 bits per heavy atom. The summed E-state index contributed by atoms with van der Waals surface area (Å²) in [5.74, 6) is 0.0713. The van der Waals surface area contributed by atoms with E-state index in [9.17, 15) is 18.3 Å². The fraction of sp³-hybridized carbons (Fsp3) is 0.286. The van der Waals surface area contributed by atoms with E-state index in [0.29, 0.717) is 54.9 Å². The van der Waals surface area contributed by atoms with Crippen LogP contribution in [-0.4, -0.2) is 57.7 Å². The Morgan fingerprint density at radius 1 is 1.12 bits per heavy atom. The summed E-state index contributed by atoms with van der Waals surface area (Å²) >= 11 is 0.995. The smallest absolute Gasteiger partial charge is 0.336 e. The van der Waals surface area contributed by atoms with Crippen LogP contribution in [-0.2, 0) is 16.6 Å². The number of hydrogen-bond donors (Lipinski definition) is 1. The number of sulfonamides is 1. The van der Waals surface area contributed by atoms with E-state index in [4.69, 9.17) is 4.42 Å². The maximum Gasteiger partial charge on any atom is 0.336 e. The Balaban J connectivity index is 1.36. The molecule has 9 nitrogen and oxygen atoms in total. The van der Waals surface area contributed by atoms with Crippen LogP contribution in [0.4, 0.5) is 0 Å². The van der Waals surface area contributed by atoms with Gasteiger partial charge in [-0.1, -0.05) is 6.07 Å². The lowest BCUT2D eigenvalue weighted by molar-refractivity contribution is 0.182. The normalized spacial score (nSPS) is 16.2. The second kappa shape index (κ2) is 7.93. The second-order valence-electron chi connectivity index (χ2n) is 7.75. The fourth-order valence-corrected chi connectivity index (χ4v) is 6.22. The topological polar surface area (TPSA) is 117 Å². The summed E-state index contributed by atoms with van der Waals surface area (Å²) < 4.78 is 41.5. The Kier molecular flexibility index (Phi) is 5.20. The fourth-order valence-electron chi connectivity index (χ4n) is 4.04. The van der Waals surface area contributed by atoms with Crippen molar-refractivity contribution in [3.63, 3.8) is 0 Å². The number of aromatic hydroxyl groups is 1. The predicted octanol–water partition coefficient (Wildman–Crippen LogP) is 2.32. The minimum absolute atomic E-state index is 0.0713. The van der Waals surface area contributed by atoms with Crippen molar-refractivity contribution in [1.29, 1.82) is 0 Å². The summed E-state index contributed by atoms with van der Waals surface area (Å²) in [4.78, 5) is 14.4. The summed E-state index contributed by atoms with van der Waals surface area (Å²) in [6, 6.07) is 9.77. The van der Waals surface area contributed by atoms with Gasteiger partial charge in [-0.2, -0.15) is 13.1 Å². The number of aromatic nitrogens is 2. The van der Waals surface area contributed by atoms with Gasteiger partial charge >= 0.3 is 5.63 Å². The first-order chi connectivity index (χ1) is 15.3. The number of benzene rings is 2. The van der Waals surface area contributed by atoms with Gasteiger partial charge in [0, 0.05) is 49.7 Å². The Labute approximate surface area is 187 Å². The molecule has 1 saturated heterocycles. The van der Waals surface area contributed by atoms with Gasteiger partial charge < -0.3 is 9.52 Å². The zero-order valence-corrected chi connectivity index (χ0v) is 18.8. The Bertz CT molecular complexity index is 1490. The maximum absolute atomic E-state index is 13.2. The average molecular weight is 473 g/mol. The zero-order valence-electron chi connectivity index (χ0n) is 17.2. The van der Waals surface area contributed by atoms with Crippen LogP contribution in [0.15, 0.2) is 50.5 Å². The molecule has 0 unspecified atom stereocenters. The van der Waals surface area contributed by atoms with E-state index in [1.54, 1.807) is 37.3 Å². The van der Waals surface area contributed by atoms with Gasteiger partial charge in [0.25, 0.3) is 0 Å². The van der Waals surface area contributed by atoms with Crippen LogP contribution in [0.1, 0.15) is 11.1 Å². The summed E-state index contributed by atoms with van der Waals surface area (Å²) in [7, 11) is -3.69. The summed E-state index contributed by atoms with van der Waals surface area (Å²) in [5, 5.41) is 10.7. The molecule has 1 aliphatic heterocycles.